The van der Waals surface area contributed by atoms with Gasteiger partial charge >= 0.3 is 0 Å². The highest BCUT2D eigenvalue weighted by atomic mass is 19.3. The number of piperidine rings is 1. The van der Waals surface area contributed by atoms with E-state index in [-0.39, 0.29) is 47.0 Å². The molecular formula is C22H23F5N8O. The lowest BCUT2D eigenvalue weighted by atomic mass is 10.0. The highest BCUT2D eigenvalue weighted by Crippen LogP contribution is 2.36. The molecule has 1 N–H and O–H groups in total. The van der Waals surface area contributed by atoms with Gasteiger partial charge in [0, 0.05) is 10.7 Å². The number of nitrogens with zero attached hydrogens (tertiary/aromatic N) is 7. The van der Waals surface area contributed by atoms with Gasteiger partial charge in [-0.05, 0) is 31.1 Å². The van der Waals surface area contributed by atoms with Crippen LogP contribution in [0.4, 0.5) is 27.9 Å². The minimum Gasteiger partial charge on any atom is -0.479 e. The van der Waals surface area contributed by atoms with Crippen molar-refractivity contribution in [2.45, 2.75) is 24.4 Å². The fourth-order valence-corrected chi connectivity index (χ4v) is 4.31. The lowest BCUT2D eigenvalue weighted by Gasteiger charge is -2.36. The molecule has 0 saturated carbocycles. The maximum absolute atomic E-state index is 15.3. The van der Waals surface area contributed by atoms with Gasteiger partial charge in [0.15, 0.2) is 5.82 Å². The average Bonchev–Trinajstić information content (AvgIpc) is 3.44. The van der Waals surface area contributed by atoms with Gasteiger partial charge in [0.05, 0.1) is 37.0 Å². The molecule has 0 bridgehead atoms. The smallest absolute Gasteiger partial charge is 0.280 e. The summed E-state index contributed by atoms with van der Waals surface area (Å²) in [7, 11) is 1.26. The van der Waals surface area contributed by atoms with Crippen molar-refractivity contribution in [3.05, 3.63) is 30.2 Å². The maximum Gasteiger partial charge on any atom is 0.280 e. The van der Waals surface area contributed by atoms with E-state index in [0.717, 1.165) is 20.3 Å². The molecule has 1 atom stereocenters. The van der Waals surface area contributed by atoms with Crippen molar-refractivity contribution in [1.29, 1.82) is 0 Å². The molecule has 0 spiro atoms. The van der Waals surface area contributed by atoms with Gasteiger partial charge in [-0.3, -0.25) is 0 Å². The number of nitrogens with one attached hydrogen (secondary N) is 1. The van der Waals surface area contributed by atoms with Crippen molar-refractivity contribution in [3.63, 3.8) is 0 Å². The lowest BCUT2D eigenvalue weighted by molar-refractivity contribution is -0.0675. The topological polar surface area (TPSA) is 85.4 Å². The third kappa shape index (κ3) is 4.08. The lowest BCUT2D eigenvalue weighted by Crippen LogP contribution is -2.53. The van der Waals surface area contributed by atoms with E-state index in [0.29, 0.717) is 5.52 Å². The van der Waals surface area contributed by atoms with Gasteiger partial charge in [-0.1, -0.05) is 11.3 Å². The van der Waals surface area contributed by atoms with Crippen LogP contribution in [-0.2, 0) is 0 Å². The van der Waals surface area contributed by atoms with Crippen LogP contribution in [0, 0.1) is 5.82 Å². The molecule has 5 rings (SSSR count). The second-order valence-corrected chi connectivity index (χ2v) is 8.46. The SMILES string of the molecule is [2H]C([2H])([2H])N1CCC(Nc2nc(OC)c3c(-c4ccc5nnn(C(CF)CF)c5c4)c(F)cn3n2)C(F)(F)C1. The standard InChI is InChI=1S/C22H23F5N8O/c1-33-6-5-17(22(26,27)11-33)28-21-29-20(36-2)19-18(14(25)10-34(19)31-21)12-3-4-15-16(7-12)35(32-30-15)13(8-23)9-24/h3-4,7,10,13,17H,5-6,8-9,11H2,1-2H3,(H,28,31)/i1D3. The van der Waals surface area contributed by atoms with E-state index in [1.165, 1.54) is 25.3 Å². The largest absolute Gasteiger partial charge is 0.479 e. The number of anilines is 1. The molecule has 9 nitrogen and oxygen atoms in total. The van der Waals surface area contributed by atoms with Crippen molar-refractivity contribution in [2.24, 2.45) is 0 Å². The number of ether oxygens (including phenoxy) is 1. The first-order valence-electron chi connectivity index (χ1n) is 12.5. The predicted molar refractivity (Wildman–Crippen MR) is 121 cm³/mol. The van der Waals surface area contributed by atoms with Crippen molar-refractivity contribution in [3.8, 4) is 17.0 Å². The summed E-state index contributed by atoms with van der Waals surface area (Å²) in [5.74, 6) is -4.58. The summed E-state index contributed by atoms with van der Waals surface area (Å²) in [5.41, 5.74) is 0.982. The normalized spacial score (nSPS) is 20.0. The fraction of sp³-hybridized carbons (Fsp3) is 0.455. The number of hydrogen-bond acceptors (Lipinski definition) is 7. The summed E-state index contributed by atoms with van der Waals surface area (Å²) in [6.45, 7) is -5.78. The molecule has 36 heavy (non-hydrogen) atoms. The Balaban J connectivity index is 1.52. The van der Waals surface area contributed by atoms with Crippen LogP contribution in [0.2, 0.25) is 0 Å². The average molecular weight is 513 g/mol. The third-order valence-corrected chi connectivity index (χ3v) is 6.11. The third-order valence-electron chi connectivity index (χ3n) is 6.11. The van der Waals surface area contributed by atoms with Gasteiger partial charge in [0.1, 0.15) is 30.4 Å². The first kappa shape index (κ1) is 20.6. The van der Waals surface area contributed by atoms with E-state index >= 15 is 4.39 Å². The van der Waals surface area contributed by atoms with Gasteiger partial charge in [-0.15, -0.1) is 10.2 Å². The molecule has 0 radical (unpaired) electrons. The van der Waals surface area contributed by atoms with E-state index in [1.54, 1.807) is 0 Å². The molecule has 1 aliphatic heterocycles. The van der Waals surface area contributed by atoms with E-state index in [4.69, 9.17) is 8.85 Å². The second kappa shape index (κ2) is 9.15. The van der Waals surface area contributed by atoms with Gasteiger partial charge in [0.2, 0.25) is 11.8 Å². The molecule has 1 aliphatic rings. The summed E-state index contributed by atoms with van der Waals surface area (Å²) in [4.78, 5) is 4.88. The zero-order valence-corrected chi connectivity index (χ0v) is 18.9. The first-order chi connectivity index (χ1) is 18.5. The minimum absolute atomic E-state index is 0.00131. The van der Waals surface area contributed by atoms with Gasteiger partial charge < -0.3 is 15.0 Å². The summed E-state index contributed by atoms with van der Waals surface area (Å²) < 4.78 is 101. The molecular weight excluding hydrogens is 487 g/mol. The molecule has 0 aliphatic carbocycles. The number of fused-ring (bicyclic) bond motifs is 2. The van der Waals surface area contributed by atoms with E-state index in [2.05, 4.69) is 25.7 Å². The van der Waals surface area contributed by atoms with E-state index in [1.807, 2.05) is 0 Å². The molecule has 3 aromatic heterocycles. The van der Waals surface area contributed by atoms with Crippen LogP contribution < -0.4 is 10.1 Å². The van der Waals surface area contributed by atoms with Crippen molar-refractivity contribution in [2.75, 3.05) is 45.8 Å². The number of likely N-dealkylation sites (tertiary alicyclic amines) is 1. The molecule has 1 saturated heterocycles. The van der Waals surface area contributed by atoms with Crippen LogP contribution in [-0.4, -0.2) is 87.0 Å². The van der Waals surface area contributed by atoms with Crippen LogP contribution in [0.15, 0.2) is 24.4 Å². The molecule has 4 aromatic rings. The van der Waals surface area contributed by atoms with Crippen LogP contribution in [0.3, 0.4) is 0 Å². The number of methoxy groups -OCH3 is 1. The van der Waals surface area contributed by atoms with E-state index < -0.39 is 50.7 Å². The van der Waals surface area contributed by atoms with Crippen molar-refractivity contribution < 1.29 is 30.8 Å². The Morgan fingerprint density at radius 1 is 1.31 bits per heavy atom. The molecule has 192 valence electrons. The molecule has 1 unspecified atom stereocenters. The van der Waals surface area contributed by atoms with Gasteiger partial charge in [0.25, 0.3) is 5.92 Å². The Morgan fingerprint density at radius 2 is 2.11 bits per heavy atom. The molecule has 1 fully saturated rings. The Kier molecular flexibility index (Phi) is 5.24. The Labute approximate surface area is 206 Å². The van der Waals surface area contributed by atoms with Gasteiger partial charge in [-0.2, -0.15) is 4.98 Å². The predicted octanol–water partition coefficient (Wildman–Crippen LogP) is 3.52. The van der Waals surface area contributed by atoms with Crippen molar-refractivity contribution in [1.82, 2.24) is 34.5 Å². The fourth-order valence-electron chi connectivity index (χ4n) is 4.31. The molecule has 0 amide bonds. The maximum atomic E-state index is 15.3. The van der Waals surface area contributed by atoms with Gasteiger partial charge in [-0.25, -0.2) is 31.1 Å². The highest BCUT2D eigenvalue weighted by molar-refractivity contribution is 5.89. The zero-order chi connectivity index (χ0) is 28.1. The Bertz CT molecular complexity index is 1510. The number of halogens is 5. The molecule has 1 aromatic carbocycles. The summed E-state index contributed by atoms with van der Waals surface area (Å²) in [5, 5.41) is 14.4. The number of aromatic nitrogens is 6. The number of rotatable bonds is 7. The number of hydrogen-bond donors (Lipinski definition) is 1. The quantitative estimate of drug-likeness (QED) is 0.379. The number of alkyl halides is 4. The highest BCUT2D eigenvalue weighted by Gasteiger charge is 2.44. The first-order valence-corrected chi connectivity index (χ1v) is 11.0. The minimum atomic E-state index is -3.42. The molecule has 14 heteroatoms. The van der Waals surface area contributed by atoms with E-state index in [9.17, 15) is 17.6 Å². The summed E-state index contributed by atoms with van der Waals surface area (Å²) in [6.07, 6.45) is 0.808. The van der Waals surface area contributed by atoms with Crippen LogP contribution in [0.5, 0.6) is 5.88 Å². The number of benzene rings is 1. The second-order valence-electron chi connectivity index (χ2n) is 8.46. The monoisotopic (exact) mass is 513 g/mol. The summed E-state index contributed by atoms with van der Waals surface area (Å²) >= 11 is 0. The molecule has 4 heterocycles. The van der Waals surface area contributed by atoms with Crippen molar-refractivity contribution >= 4 is 22.5 Å². The Morgan fingerprint density at radius 3 is 2.81 bits per heavy atom. The van der Waals surface area contributed by atoms with Crippen LogP contribution in [0.1, 0.15) is 16.6 Å². The Hall–Kier alpha value is -3.55. The van der Waals surface area contributed by atoms with Crippen LogP contribution in [0.25, 0.3) is 27.7 Å². The van der Waals surface area contributed by atoms with Crippen LogP contribution >= 0.6 is 0 Å². The zero-order valence-electron chi connectivity index (χ0n) is 21.9. The summed E-state index contributed by atoms with van der Waals surface area (Å²) in [6, 6.07) is 1.84.